The summed E-state index contributed by atoms with van der Waals surface area (Å²) in [4.78, 5) is 13.5. The lowest BCUT2D eigenvalue weighted by Gasteiger charge is -2.15. The zero-order valence-electron chi connectivity index (χ0n) is 10.9. The first kappa shape index (κ1) is 14.8. The summed E-state index contributed by atoms with van der Waals surface area (Å²) < 4.78 is 0. The summed E-state index contributed by atoms with van der Waals surface area (Å²) in [6.45, 7) is 1.66. The first-order valence-electron chi connectivity index (χ1n) is 5.85. The minimum atomic E-state index is -0.463. The average Bonchev–Trinajstić information content (AvgIpc) is 2.26. The number of aliphatic hydroxyl groups is 1. The molecule has 0 aromatic heterocycles. The molecule has 0 radical (unpaired) electrons. The summed E-state index contributed by atoms with van der Waals surface area (Å²) in [6, 6.07) is 5.38. The van der Waals surface area contributed by atoms with Gasteiger partial charge in [-0.2, -0.15) is 0 Å². The van der Waals surface area contributed by atoms with Gasteiger partial charge in [-0.25, -0.2) is 0 Å². The van der Waals surface area contributed by atoms with Crippen molar-refractivity contribution in [1.82, 2.24) is 0 Å². The first-order chi connectivity index (χ1) is 8.40. The summed E-state index contributed by atoms with van der Waals surface area (Å²) >= 11 is 6.10. The second-order valence-corrected chi connectivity index (χ2v) is 4.90. The zero-order chi connectivity index (χ0) is 13.7. The summed E-state index contributed by atoms with van der Waals surface area (Å²) in [5.41, 5.74) is 1.57. The highest BCUT2D eigenvalue weighted by molar-refractivity contribution is 6.33. The van der Waals surface area contributed by atoms with Gasteiger partial charge in [-0.15, -0.1) is 0 Å². The van der Waals surface area contributed by atoms with Crippen LogP contribution in [0.2, 0.25) is 5.02 Å². The van der Waals surface area contributed by atoms with E-state index in [0.717, 1.165) is 5.69 Å². The molecule has 1 rings (SSSR count). The summed E-state index contributed by atoms with van der Waals surface area (Å²) in [6.07, 6.45) is 0.288. The number of nitrogens with one attached hydrogen (secondary N) is 1. The molecule has 1 atom stereocenters. The molecule has 0 spiro atoms. The van der Waals surface area contributed by atoms with Crippen LogP contribution >= 0.6 is 11.6 Å². The SMILES string of the molecule is CC(O)CCC(=O)Nc1ccc(N(C)C)c(Cl)c1. The molecule has 1 aromatic carbocycles. The Balaban J connectivity index is 2.63. The van der Waals surface area contributed by atoms with Crippen LogP contribution in [-0.2, 0) is 4.79 Å². The highest BCUT2D eigenvalue weighted by Gasteiger charge is 2.07. The fraction of sp³-hybridized carbons (Fsp3) is 0.462. The molecule has 0 heterocycles. The lowest BCUT2D eigenvalue weighted by molar-refractivity contribution is -0.116. The molecule has 4 nitrogen and oxygen atoms in total. The highest BCUT2D eigenvalue weighted by Crippen LogP contribution is 2.27. The number of carbonyl (C=O) groups excluding carboxylic acids is 1. The number of hydrogen-bond donors (Lipinski definition) is 2. The molecule has 18 heavy (non-hydrogen) atoms. The molecule has 1 aromatic rings. The van der Waals surface area contributed by atoms with Crippen LogP contribution in [0.1, 0.15) is 19.8 Å². The van der Waals surface area contributed by atoms with Crippen LogP contribution in [0, 0.1) is 0 Å². The van der Waals surface area contributed by atoms with E-state index in [1.165, 1.54) is 0 Å². The minimum Gasteiger partial charge on any atom is -0.393 e. The van der Waals surface area contributed by atoms with Gasteiger partial charge in [-0.3, -0.25) is 4.79 Å². The number of rotatable bonds is 5. The molecular formula is C13H19ClN2O2. The van der Waals surface area contributed by atoms with Gasteiger partial charge in [0.2, 0.25) is 5.91 Å². The maximum absolute atomic E-state index is 11.6. The van der Waals surface area contributed by atoms with Crippen molar-refractivity contribution in [3.05, 3.63) is 23.2 Å². The van der Waals surface area contributed by atoms with Crippen molar-refractivity contribution in [2.45, 2.75) is 25.9 Å². The predicted molar refractivity (Wildman–Crippen MR) is 75.3 cm³/mol. The van der Waals surface area contributed by atoms with Gasteiger partial charge in [0, 0.05) is 26.2 Å². The molecule has 0 aliphatic carbocycles. The molecule has 2 N–H and O–H groups in total. The molecule has 0 fully saturated rings. The van der Waals surface area contributed by atoms with E-state index in [9.17, 15) is 4.79 Å². The fourth-order valence-electron chi connectivity index (χ4n) is 1.51. The molecule has 0 saturated heterocycles. The number of hydrogen-bond acceptors (Lipinski definition) is 3. The van der Waals surface area contributed by atoms with E-state index in [-0.39, 0.29) is 5.91 Å². The second kappa shape index (κ2) is 6.61. The number of halogens is 1. The smallest absolute Gasteiger partial charge is 0.224 e. The molecule has 0 bridgehead atoms. The van der Waals surface area contributed by atoms with Gasteiger partial charge in [0.15, 0.2) is 0 Å². The van der Waals surface area contributed by atoms with E-state index in [1.54, 1.807) is 13.0 Å². The van der Waals surface area contributed by atoms with Gasteiger partial charge < -0.3 is 15.3 Å². The Morgan fingerprint density at radius 3 is 2.67 bits per heavy atom. The lowest BCUT2D eigenvalue weighted by atomic mass is 10.2. The average molecular weight is 271 g/mol. The van der Waals surface area contributed by atoms with Crippen molar-refractivity contribution in [2.24, 2.45) is 0 Å². The van der Waals surface area contributed by atoms with Crippen molar-refractivity contribution in [1.29, 1.82) is 0 Å². The maximum Gasteiger partial charge on any atom is 0.224 e. The van der Waals surface area contributed by atoms with Gasteiger partial charge in [0.25, 0.3) is 0 Å². The number of carbonyl (C=O) groups is 1. The van der Waals surface area contributed by atoms with E-state index in [0.29, 0.717) is 23.6 Å². The maximum atomic E-state index is 11.6. The predicted octanol–water partition coefficient (Wildman–Crippen LogP) is 2.51. The molecule has 0 aliphatic rings. The molecule has 1 unspecified atom stereocenters. The standard InChI is InChI=1S/C13H19ClN2O2/c1-9(17)4-7-13(18)15-10-5-6-12(16(2)3)11(14)8-10/h5-6,8-9,17H,4,7H2,1-3H3,(H,15,18). The molecule has 100 valence electrons. The largest absolute Gasteiger partial charge is 0.393 e. The van der Waals surface area contributed by atoms with E-state index in [4.69, 9.17) is 16.7 Å². The number of anilines is 2. The molecule has 0 saturated carbocycles. The Morgan fingerprint density at radius 2 is 2.17 bits per heavy atom. The fourth-order valence-corrected chi connectivity index (χ4v) is 1.86. The highest BCUT2D eigenvalue weighted by atomic mass is 35.5. The van der Waals surface area contributed by atoms with Crippen molar-refractivity contribution in [2.75, 3.05) is 24.3 Å². The first-order valence-corrected chi connectivity index (χ1v) is 6.22. The van der Waals surface area contributed by atoms with Crippen LogP contribution in [0.5, 0.6) is 0 Å². The van der Waals surface area contributed by atoms with Crippen LogP contribution in [0.15, 0.2) is 18.2 Å². The Kier molecular flexibility index (Phi) is 5.44. The third-order valence-electron chi connectivity index (χ3n) is 2.50. The number of aliphatic hydroxyl groups excluding tert-OH is 1. The Hall–Kier alpha value is -1.26. The van der Waals surface area contributed by atoms with Crippen LogP contribution in [0.3, 0.4) is 0 Å². The summed E-state index contributed by atoms with van der Waals surface area (Å²) in [7, 11) is 3.81. The Labute approximate surface area is 113 Å². The van der Waals surface area contributed by atoms with Crippen molar-refractivity contribution >= 4 is 28.9 Å². The van der Waals surface area contributed by atoms with E-state index < -0.39 is 6.10 Å². The summed E-state index contributed by atoms with van der Waals surface area (Å²) in [5, 5.41) is 12.4. The van der Waals surface area contributed by atoms with Crippen molar-refractivity contribution in [3.8, 4) is 0 Å². The van der Waals surface area contributed by atoms with E-state index in [1.807, 2.05) is 31.1 Å². The third-order valence-corrected chi connectivity index (χ3v) is 2.81. The normalized spacial score (nSPS) is 12.1. The molecular weight excluding hydrogens is 252 g/mol. The Bertz CT molecular complexity index is 419. The zero-order valence-corrected chi connectivity index (χ0v) is 11.7. The quantitative estimate of drug-likeness (QED) is 0.864. The van der Waals surface area contributed by atoms with Gasteiger partial charge in [-0.1, -0.05) is 11.6 Å². The second-order valence-electron chi connectivity index (χ2n) is 4.50. The van der Waals surface area contributed by atoms with Gasteiger partial charge in [0.1, 0.15) is 0 Å². The minimum absolute atomic E-state index is 0.121. The van der Waals surface area contributed by atoms with Crippen LogP contribution in [0.25, 0.3) is 0 Å². The molecule has 5 heteroatoms. The number of benzene rings is 1. The number of amides is 1. The van der Waals surface area contributed by atoms with Gasteiger partial charge in [-0.05, 0) is 31.5 Å². The van der Waals surface area contributed by atoms with Crippen LogP contribution in [-0.4, -0.2) is 31.2 Å². The van der Waals surface area contributed by atoms with E-state index >= 15 is 0 Å². The third kappa shape index (κ3) is 4.55. The monoisotopic (exact) mass is 270 g/mol. The van der Waals surface area contributed by atoms with Crippen molar-refractivity contribution < 1.29 is 9.90 Å². The Morgan fingerprint density at radius 1 is 1.50 bits per heavy atom. The number of nitrogens with zero attached hydrogens (tertiary/aromatic N) is 1. The topological polar surface area (TPSA) is 52.6 Å². The van der Waals surface area contributed by atoms with Crippen molar-refractivity contribution in [3.63, 3.8) is 0 Å². The lowest BCUT2D eigenvalue weighted by Crippen LogP contribution is -2.14. The van der Waals surface area contributed by atoms with E-state index in [2.05, 4.69) is 5.32 Å². The molecule has 0 aliphatic heterocycles. The van der Waals surface area contributed by atoms with Crippen LogP contribution in [0.4, 0.5) is 11.4 Å². The van der Waals surface area contributed by atoms with Gasteiger partial charge >= 0.3 is 0 Å². The molecule has 1 amide bonds. The summed E-state index contributed by atoms with van der Waals surface area (Å²) in [5.74, 6) is -0.121. The van der Waals surface area contributed by atoms with Crippen LogP contribution < -0.4 is 10.2 Å². The van der Waals surface area contributed by atoms with Gasteiger partial charge in [0.05, 0.1) is 16.8 Å².